The van der Waals surface area contributed by atoms with Crippen LogP contribution in [0, 0.1) is 0 Å². The van der Waals surface area contributed by atoms with Crippen LogP contribution >= 0.6 is 0 Å². The van der Waals surface area contributed by atoms with E-state index in [0.717, 1.165) is 22.2 Å². The number of fused-ring (bicyclic) bond motifs is 1. The summed E-state index contributed by atoms with van der Waals surface area (Å²) in [5.41, 5.74) is 9.76. The van der Waals surface area contributed by atoms with Crippen LogP contribution in [0.25, 0.3) is 16.6 Å². The topological polar surface area (TPSA) is 117 Å². The number of nitrogens with zero attached hydrogens (tertiary/aromatic N) is 2. The molecular formula is C25H31N5O3. The summed E-state index contributed by atoms with van der Waals surface area (Å²) in [5.74, 6) is -0.0335. The number of para-hydroxylation sites is 1. The van der Waals surface area contributed by atoms with E-state index in [9.17, 15) is 9.90 Å². The molecule has 0 bridgehead atoms. The SMILES string of the molecule is CC(C)(C)OC(=O)N1CCC(c2ccc(N/C=C(\N)c3n[nH]c4ccccc34)cc2)C(O)C1. The molecule has 1 aliphatic heterocycles. The number of hydrogen-bond acceptors (Lipinski definition) is 6. The Kier molecular flexibility index (Phi) is 6.29. The average Bonchev–Trinajstić information content (AvgIpc) is 3.21. The molecule has 1 fully saturated rings. The van der Waals surface area contributed by atoms with E-state index in [-0.39, 0.29) is 18.6 Å². The molecule has 174 valence electrons. The van der Waals surface area contributed by atoms with Crippen molar-refractivity contribution in [2.24, 2.45) is 5.73 Å². The van der Waals surface area contributed by atoms with Crippen molar-refractivity contribution >= 4 is 28.4 Å². The van der Waals surface area contributed by atoms with E-state index in [4.69, 9.17) is 10.5 Å². The summed E-state index contributed by atoms with van der Waals surface area (Å²) in [7, 11) is 0. The third-order valence-corrected chi connectivity index (χ3v) is 5.71. The number of ether oxygens (including phenoxy) is 1. The summed E-state index contributed by atoms with van der Waals surface area (Å²) in [6.45, 7) is 6.32. The van der Waals surface area contributed by atoms with Crippen molar-refractivity contribution < 1.29 is 14.6 Å². The number of hydrogen-bond donors (Lipinski definition) is 4. The molecule has 8 heteroatoms. The van der Waals surface area contributed by atoms with Crippen molar-refractivity contribution in [3.05, 3.63) is 66.0 Å². The van der Waals surface area contributed by atoms with Crippen LogP contribution in [0.15, 0.2) is 54.7 Å². The van der Waals surface area contributed by atoms with Crippen molar-refractivity contribution in [3.8, 4) is 0 Å². The number of aromatic nitrogens is 2. The lowest BCUT2D eigenvalue weighted by atomic mass is 9.87. The van der Waals surface area contributed by atoms with Crippen molar-refractivity contribution in [3.63, 3.8) is 0 Å². The second kappa shape index (κ2) is 9.15. The van der Waals surface area contributed by atoms with Crippen LogP contribution < -0.4 is 11.1 Å². The summed E-state index contributed by atoms with van der Waals surface area (Å²) >= 11 is 0. The molecule has 5 N–H and O–H groups in total. The number of carbonyl (C=O) groups is 1. The number of piperidine rings is 1. The summed E-state index contributed by atoms with van der Waals surface area (Å²) in [4.78, 5) is 13.9. The maximum Gasteiger partial charge on any atom is 0.410 e. The first-order valence-corrected chi connectivity index (χ1v) is 11.1. The number of aliphatic hydroxyl groups is 1. The molecule has 3 aromatic rings. The van der Waals surface area contributed by atoms with Gasteiger partial charge in [0.1, 0.15) is 11.3 Å². The number of rotatable bonds is 4. The fourth-order valence-corrected chi connectivity index (χ4v) is 4.05. The quantitative estimate of drug-likeness (QED) is 0.478. The summed E-state index contributed by atoms with van der Waals surface area (Å²) < 4.78 is 5.42. The predicted octanol–water partition coefficient (Wildman–Crippen LogP) is 4.02. The van der Waals surface area contributed by atoms with Crippen molar-refractivity contribution in [2.45, 2.75) is 44.8 Å². The number of H-pyrrole nitrogens is 1. The normalized spacial score (nSPS) is 19.5. The Balaban J connectivity index is 1.37. The van der Waals surface area contributed by atoms with Gasteiger partial charge in [0.25, 0.3) is 0 Å². The van der Waals surface area contributed by atoms with Crippen LogP contribution in [0.5, 0.6) is 0 Å². The molecular weight excluding hydrogens is 418 g/mol. The lowest BCUT2D eigenvalue weighted by Gasteiger charge is -2.37. The number of nitrogens with one attached hydrogen (secondary N) is 2. The number of amides is 1. The molecule has 1 aromatic heterocycles. The number of aliphatic hydroxyl groups excluding tert-OH is 1. The number of aromatic amines is 1. The van der Waals surface area contributed by atoms with Gasteiger partial charge in [0.2, 0.25) is 0 Å². The van der Waals surface area contributed by atoms with Gasteiger partial charge >= 0.3 is 6.09 Å². The number of carbonyl (C=O) groups excluding carboxylic acids is 1. The molecule has 0 saturated carbocycles. The number of anilines is 1. The van der Waals surface area contributed by atoms with E-state index in [1.165, 1.54) is 0 Å². The Hall–Kier alpha value is -3.52. The highest BCUT2D eigenvalue weighted by atomic mass is 16.6. The maximum absolute atomic E-state index is 12.3. The molecule has 0 radical (unpaired) electrons. The van der Waals surface area contributed by atoms with Gasteiger partial charge in [0.05, 0.1) is 23.9 Å². The van der Waals surface area contributed by atoms with E-state index in [2.05, 4.69) is 15.5 Å². The second-order valence-corrected chi connectivity index (χ2v) is 9.37. The van der Waals surface area contributed by atoms with Crippen LogP contribution in [-0.4, -0.2) is 51.1 Å². The van der Waals surface area contributed by atoms with Crippen molar-refractivity contribution in [2.75, 3.05) is 18.4 Å². The monoisotopic (exact) mass is 449 g/mol. The van der Waals surface area contributed by atoms with Gasteiger partial charge in [0, 0.05) is 29.7 Å². The van der Waals surface area contributed by atoms with E-state index < -0.39 is 11.7 Å². The van der Waals surface area contributed by atoms with Gasteiger partial charge in [-0.15, -0.1) is 0 Å². The summed E-state index contributed by atoms with van der Waals surface area (Å²) in [5, 5.41) is 22.1. The zero-order valence-corrected chi connectivity index (χ0v) is 19.2. The van der Waals surface area contributed by atoms with Crippen LogP contribution in [0.4, 0.5) is 10.5 Å². The van der Waals surface area contributed by atoms with E-state index >= 15 is 0 Å². The number of likely N-dealkylation sites (tertiary alicyclic amines) is 1. The Morgan fingerprint density at radius 3 is 2.67 bits per heavy atom. The maximum atomic E-state index is 12.3. The Labute approximate surface area is 193 Å². The van der Waals surface area contributed by atoms with Gasteiger partial charge < -0.3 is 25.8 Å². The standard InChI is InChI=1S/C25H31N5O3/c1-25(2,3)33-24(32)30-13-12-18(22(31)15-30)16-8-10-17(11-9-16)27-14-20(26)23-19-6-4-5-7-21(19)28-29-23/h4-11,14,18,22,27,31H,12-13,15,26H2,1-3H3,(H,28,29)/b20-14-. The summed E-state index contributed by atoms with van der Waals surface area (Å²) in [6.07, 6.45) is 1.38. The number of benzene rings is 2. The van der Waals surface area contributed by atoms with Crippen LogP contribution in [0.3, 0.4) is 0 Å². The molecule has 2 aromatic carbocycles. The first kappa shape index (κ1) is 22.7. The second-order valence-electron chi connectivity index (χ2n) is 9.37. The highest BCUT2D eigenvalue weighted by Gasteiger charge is 2.33. The van der Waals surface area contributed by atoms with Gasteiger partial charge in [-0.2, -0.15) is 5.10 Å². The zero-order valence-electron chi connectivity index (χ0n) is 19.2. The minimum Gasteiger partial charge on any atom is -0.444 e. The minimum atomic E-state index is -0.645. The third kappa shape index (κ3) is 5.28. The minimum absolute atomic E-state index is 0.0335. The van der Waals surface area contributed by atoms with Gasteiger partial charge in [-0.3, -0.25) is 5.10 Å². The molecule has 8 nitrogen and oxygen atoms in total. The molecule has 1 saturated heterocycles. The molecule has 4 rings (SSSR count). The van der Waals surface area contributed by atoms with Crippen LogP contribution in [0.1, 0.15) is 44.4 Å². The molecule has 2 unspecified atom stereocenters. The molecule has 33 heavy (non-hydrogen) atoms. The van der Waals surface area contributed by atoms with Crippen molar-refractivity contribution in [1.82, 2.24) is 15.1 Å². The highest BCUT2D eigenvalue weighted by Crippen LogP contribution is 2.30. The molecule has 2 atom stereocenters. The van der Waals surface area contributed by atoms with Crippen LogP contribution in [-0.2, 0) is 4.74 Å². The Bertz CT molecular complexity index is 1150. The lowest BCUT2D eigenvalue weighted by Crippen LogP contribution is -2.47. The number of β-amino-alcohol motifs (C(OH)–C–C–N with tert-alkyl or cyclic N) is 1. The lowest BCUT2D eigenvalue weighted by molar-refractivity contribution is -0.00151. The van der Waals surface area contributed by atoms with Gasteiger partial charge in [0.15, 0.2) is 0 Å². The van der Waals surface area contributed by atoms with Crippen LogP contribution in [0.2, 0.25) is 0 Å². The smallest absolute Gasteiger partial charge is 0.410 e. The highest BCUT2D eigenvalue weighted by molar-refractivity contribution is 5.89. The third-order valence-electron chi connectivity index (χ3n) is 5.71. The van der Waals surface area contributed by atoms with Gasteiger partial charge in [-0.05, 0) is 51.0 Å². The zero-order chi connectivity index (χ0) is 23.6. The van der Waals surface area contributed by atoms with Gasteiger partial charge in [-0.1, -0.05) is 30.3 Å². The van der Waals surface area contributed by atoms with E-state index in [0.29, 0.717) is 24.4 Å². The average molecular weight is 450 g/mol. The predicted molar refractivity (Wildman–Crippen MR) is 129 cm³/mol. The van der Waals surface area contributed by atoms with Crippen molar-refractivity contribution in [1.29, 1.82) is 0 Å². The van der Waals surface area contributed by atoms with E-state index in [1.807, 2.05) is 69.3 Å². The molecule has 1 amide bonds. The first-order valence-electron chi connectivity index (χ1n) is 11.1. The van der Waals surface area contributed by atoms with E-state index in [1.54, 1.807) is 11.1 Å². The molecule has 0 aliphatic carbocycles. The first-order chi connectivity index (χ1) is 15.7. The van der Waals surface area contributed by atoms with Gasteiger partial charge in [-0.25, -0.2) is 4.79 Å². The number of nitrogens with two attached hydrogens (primary N) is 1. The fourth-order valence-electron chi connectivity index (χ4n) is 4.05. The fraction of sp³-hybridized carbons (Fsp3) is 0.360. The molecule has 2 heterocycles. The molecule has 1 aliphatic rings. The largest absolute Gasteiger partial charge is 0.444 e. The Morgan fingerprint density at radius 2 is 1.97 bits per heavy atom. The molecule has 0 spiro atoms. The summed E-state index contributed by atoms with van der Waals surface area (Å²) in [6, 6.07) is 15.7. The Morgan fingerprint density at radius 1 is 1.24 bits per heavy atom.